The number of allylic oxidation sites excluding steroid dienone is 2. The maximum Gasteiger partial charge on any atom is 0.118 e. The fourth-order valence-electron chi connectivity index (χ4n) is 3.20. The zero-order valence-corrected chi connectivity index (χ0v) is 13.1. The van der Waals surface area contributed by atoms with E-state index >= 15 is 0 Å². The lowest BCUT2D eigenvalue weighted by molar-refractivity contribution is 0.366. The molecule has 2 nitrogen and oxygen atoms in total. The molecule has 0 aliphatic heterocycles. The number of rotatable bonds is 5. The Bertz CT molecular complexity index is 449. The zero-order valence-electron chi connectivity index (χ0n) is 13.1. The molecule has 2 heteroatoms. The normalized spacial score (nSPS) is 24.1. The SMILES string of the molecule is COc1ccc(C(C)NCC2CC(C)=CC(C)C2)cc1. The van der Waals surface area contributed by atoms with Gasteiger partial charge in [-0.2, -0.15) is 0 Å². The number of ether oxygens (including phenoxy) is 1. The second-order valence-corrected chi connectivity index (χ2v) is 6.20. The molecule has 1 aromatic carbocycles. The second kappa shape index (κ2) is 6.94. The van der Waals surface area contributed by atoms with E-state index in [9.17, 15) is 0 Å². The standard InChI is InChI=1S/C18H27NO/c1-13-9-14(2)11-16(10-13)12-19-15(3)17-5-7-18(20-4)8-6-17/h5-9,13,15-16,19H,10-12H2,1-4H3. The molecule has 0 amide bonds. The van der Waals surface area contributed by atoms with Crippen LogP contribution in [0.4, 0.5) is 0 Å². The summed E-state index contributed by atoms with van der Waals surface area (Å²) in [7, 11) is 1.71. The van der Waals surface area contributed by atoms with Crippen molar-refractivity contribution in [1.29, 1.82) is 0 Å². The monoisotopic (exact) mass is 273 g/mol. The lowest BCUT2D eigenvalue weighted by atomic mass is 9.83. The third-order valence-electron chi connectivity index (χ3n) is 4.21. The van der Waals surface area contributed by atoms with E-state index in [4.69, 9.17) is 4.74 Å². The van der Waals surface area contributed by atoms with Crippen LogP contribution in [0.1, 0.15) is 45.2 Å². The molecule has 0 aromatic heterocycles. The Morgan fingerprint density at radius 1 is 1.30 bits per heavy atom. The number of hydrogen-bond donors (Lipinski definition) is 1. The average Bonchev–Trinajstić information content (AvgIpc) is 2.44. The van der Waals surface area contributed by atoms with Gasteiger partial charge in [-0.05, 0) is 62.8 Å². The van der Waals surface area contributed by atoms with E-state index in [1.165, 1.54) is 18.4 Å². The predicted molar refractivity (Wildman–Crippen MR) is 85.1 cm³/mol. The van der Waals surface area contributed by atoms with E-state index in [1.54, 1.807) is 12.7 Å². The van der Waals surface area contributed by atoms with Crippen LogP contribution in [0.2, 0.25) is 0 Å². The van der Waals surface area contributed by atoms with E-state index in [2.05, 4.69) is 44.3 Å². The van der Waals surface area contributed by atoms with Crippen LogP contribution in [0.5, 0.6) is 5.75 Å². The third-order valence-corrected chi connectivity index (χ3v) is 4.21. The molecular weight excluding hydrogens is 246 g/mol. The van der Waals surface area contributed by atoms with Gasteiger partial charge in [-0.15, -0.1) is 0 Å². The topological polar surface area (TPSA) is 21.3 Å². The highest BCUT2D eigenvalue weighted by atomic mass is 16.5. The molecule has 1 aromatic rings. The summed E-state index contributed by atoms with van der Waals surface area (Å²) in [5.41, 5.74) is 2.87. The molecule has 110 valence electrons. The Kier molecular flexibility index (Phi) is 5.24. The Labute approximate surface area is 123 Å². The zero-order chi connectivity index (χ0) is 14.5. The van der Waals surface area contributed by atoms with Crippen LogP contribution in [-0.2, 0) is 0 Å². The van der Waals surface area contributed by atoms with Crippen molar-refractivity contribution in [3.63, 3.8) is 0 Å². The molecule has 20 heavy (non-hydrogen) atoms. The minimum Gasteiger partial charge on any atom is -0.497 e. The number of nitrogens with one attached hydrogen (secondary N) is 1. The van der Waals surface area contributed by atoms with Gasteiger partial charge in [0.05, 0.1) is 7.11 Å². The lowest BCUT2D eigenvalue weighted by Gasteiger charge is -2.27. The van der Waals surface area contributed by atoms with Crippen molar-refractivity contribution < 1.29 is 4.74 Å². The van der Waals surface area contributed by atoms with E-state index < -0.39 is 0 Å². The van der Waals surface area contributed by atoms with Gasteiger partial charge in [0.1, 0.15) is 5.75 Å². The van der Waals surface area contributed by atoms with E-state index in [0.717, 1.165) is 24.1 Å². The van der Waals surface area contributed by atoms with Gasteiger partial charge in [0.2, 0.25) is 0 Å². The molecular formula is C18H27NO. The minimum absolute atomic E-state index is 0.391. The van der Waals surface area contributed by atoms with E-state index in [0.29, 0.717) is 6.04 Å². The molecule has 0 fully saturated rings. The molecule has 0 radical (unpaired) electrons. The number of methoxy groups -OCH3 is 1. The van der Waals surface area contributed by atoms with E-state index in [-0.39, 0.29) is 0 Å². The first-order valence-electron chi connectivity index (χ1n) is 7.63. The Morgan fingerprint density at radius 3 is 2.60 bits per heavy atom. The largest absolute Gasteiger partial charge is 0.497 e. The van der Waals surface area contributed by atoms with Crippen LogP contribution >= 0.6 is 0 Å². The van der Waals surface area contributed by atoms with Gasteiger partial charge in [0.15, 0.2) is 0 Å². The van der Waals surface area contributed by atoms with Gasteiger partial charge < -0.3 is 10.1 Å². The first-order valence-corrected chi connectivity index (χ1v) is 7.63. The minimum atomic E-state index is 0.391. The van der Waals surface area contributed by atoms with Crippen molar-refractivity contribution in [2.24, 2.45) is 11.8 Å². The van der Waals surface area contributed by atoms with Crippen molar-refractivity contribution >= 4 is 0 Å². The molecule has 3 unspecified atom stereocenters. The highest BCUT2D eigenvalue weighted by Gasteiger charge is 2.18. The molecule has 1 N–H and O–H groups in total. The number of hydrogen-bond acceptors (Lipinski definition) is 2. The summed E-state index contributed by atoms with van der Waals surface area (Å²) in [4.78, 5) is 0. The van der Waals surface area contributed by atoms with Gasteiger partial charge in [0.25, 0.3) is 0 Å². The summed E-state index contributed by atoms with van der Waals surface area (Å²) in [5, 5.41) is 3.68. The molecule has 0 heterocycles. The first-order chi connectivity index (χ1) is 9.58. The Morgan fingerprint density at radius 2 is 2.00 bits per heavy atom. The van der Waals surface area contributed by atoms with Gasteiger partial charge in [0, 0.05) is 6.04 Å². The maximum absolute atomic E-state index is 5.20. The highest BCUT2D eigenvalue weighted by molar-refractivity contribution is 5.28. The molecule has 0 spiro atoms. The van der Waals surface area contributed by atoms with Crippen molar-refractivity contribution in [3.05, 3.63) is 41.5 Å². The summed E-state index contributed by atoms with van der Waals surface area (Å²) >= 11 is 0. The third kappa shape index (κ3) is 4.11. The van der Waals surface area contributed by atoms with Gasteiger partial charge in [-0.25, -0.2) is 0 Å². The van der Waals surface area contributed by atoms with Crippen molar-refractivity contribution in [3.8, 4) is 5.75 Å². The van der Waals surface area contributed by atoms with Crippen molar-refractivity contribution in [2.45, 2.75) is 39.7 Å². The first kappa shape index (κ1) is 15.1. The molecule has 0 bridgehead atoms. The second-order valence-electron chi connectivity index (χ2n) is 6.20. The van der Waals surface area contributed by atoms with Crippen LogP contribution in [-0.4, -0.2) is 13.7 Å². The molecule has 1 aliphatic carbocycles. The fraction of sp³-hybridized carbons (Fsp3) is 0.556. The van der Waals surface area contributed by atoms with Crippen LogP contribution in [0.25, 0.3) is 0 Å². The quantitative estimate of drug-likeness (QED) is 0.806. The Hall–Kier alpha value is -1.28. The fourth-order valence-corrected chi connectivity index (χ4v) is 3.20. The summed E-state index contributed by atoms with van der Waals surface area (Å²) in [6.45, 7) is 7.91. The Balaban J connectivity index is 1.85. The van der Waals surface area contributed by atoms with Crippen LogP contribution in [0.15, 0.2) is 35.9 Å². The predicted octanol–water partition coefficient (Wildman–Crippen LogP) is 4.34. The summed E-state index contributed by atoms with van der Waals surface area (Å²) in [5.74, 6) is 2.42. The van der Waals surface area contributed by atoms with Crippen LogP contribution in [0.3, 0.4) is 0 Å². The van der Waals surface area contributed by atoms with Gasteiger partial charge >= 0.3 is 0 Å². The van der Waals surface area contributed by atoms with Crippen LogP contribution < -0.4 is 10.1 Å². The summed E-state index contributed by atoms with van der Waals surface area (Å²) in [6.07, 6.45) is 4.97. The summed E-state index contributed by atoms with van der Waals surface area (Å²) < 4.78 is 5.20. The summed E-state index contributed by atoms with van der Waals surface area (Å²) in [6, 6.07) is 8.74. The molecule has 1 aliphatic rings. The molecule has 2 rings (SSSR count). The van der Waals surface area contributed by atoms with Gasteiger partial charge in [-0.3, -0.25) is 0 Å². The van der Waals surface area contributed by atoms with Crippen molar-refractivity contribution in [2.75, 3.05) is 13.7 Å². The molecule has 3 atom stereocenters. The molecule has 0 saturated heterocycles. The van der Waals surface area contributed by atoms with Crippen LogP contribution in [0, 0.1) is 11.8 Å². The average molecular weight is 273 g/mol. The lowest BCUT2D eigenvalue weighted by Crippen LogP contribution is -2.28. The maximum atomic E-state index is 5.20. The highest BCUT2D eigenvalue weighted by Crippen LogP contribution is 2.28. The van der Waals surface area contributed by atoms with Crippen molar-refractivity contribution in [1.82, 2.24) is 5.32 Å². The van der Waals surface area contributed by atoms with E-state index in [1.807, 2.05) is 12.1 Å². The number of benzene rings is 1. The van der Waals surface area contributed by atoms with Gasteiger partial charge in [-0.1, -0.05) is 30.7 Å². The smallest absolute Gasteiger partial charge is 0.118 e. The molecule has 0 saturated carbocycles.